The number of nitrogens with zero attached hydrogens (tertiary/aromatic N) is 3. The molecule has 0 spiro atoms. The Labute approximate surface area is 108 Å². The zero-order valence-corrected chi connectivity index (χ0v) is 11.3. The van der Waals surface area contributed by atoms with E-state index in [2.05, 4.69) is 34.2 Å². The van der Waals surface area contributed by atoms with Gasteiger partial charge in [-0.25, -0.2) is 14.4 Å². The topological polar surface area (TPSA) is 41.1 Å². The lowest BCUT2D eigenvalue weighted by Crippen LogP contribution is -2.43. The number of aryl methyl sites for hydroxylation is 1. The first-order valence-electron chi connectivity index (χ1n) is 6.56. The largest absolute Gasteiger partial charge is 0.364 e. The van der Waals surface area contributed by atoms with E-state index in [4.69, 9.17) is 0 Å². The molecule has 0 saturated carbocycles. The molecule has 2 atom stereocenters. The van der Waals surface area contributed by atoms with Crippen molar-refractivity contribution in [1.29, 1.82) is 0 Å². The van der Waals surface area contributed by atoms with Crippen molar-refractivity contribution in [3.8, 4) is 0 Å². The number of piperidine rings is 1. The Morgan fingerprint density at radius 2 is 2.28 bits per heavy atom. The molecule has 1 aromatic rings. The van der Waals surface area contributed by atoms with Crippen molar-refractivity contribution in [3.05, 3.63) is 17.8 Å². The summed E-state index contributed by atoms with van der Waals surface area (Å²) in [7, 11) is 2.12. The Balaban J connectivity index is 2.09. The lowest BCUT2D eigenvalue weighted by Gasteiger charge is -2.35. The van der Waals surface area contributed by atoms with Gasteiger partial charge < -0.3 is 10.2 Å². The first-order valence-corrected chi connectivity index (χ1v) is 6.56. The summed E-state index contributed by atoms with van der Waals surface area (Å²) in [6.45, 7) is 6.15. The predicted octanol–water partition coefficient (Wildman–Crippen LogP) is 1.93. The highest BCUT2D eigenvalue weighted by atomic mass is 19.1. The molecule has 1 saturated heterocycles. The smallest absolute Gasteiger partial charge is 0.186 e. The molecule has 0 aliphatic carbocycles. The van der Waals surface area contributed by atoms with Gasteiger partial charge in [-0.15, -0.1) is 0 Å². The van der Waals surface area contributed by atoms with Gasteiger partial charge in [0.15, 0.2) is 11.6 Å². The van der Waals surface area contributed by atoms with E-state index in [1.807, 2.05) is 6.92 Å². The molecule has 1 fully saturated rings. The fourth-order valence-electron chi connectivity index (χ4n) is 2.50. The molecule has 0 radical (unpaired) electrons. The Hall–Kier alpha value is -1.23. The second-order valence-corrected chi connectivity index (χ2v) is 5.12. The summed E-state index contributed by atoms with van der Waals surface area (Å²) in [5.74, 6) is 0.539. The second-order valence-electron chi connectivity index (χ2n) is 5.12. The molecule has 100 valence electrons. The highest BCUT2D eigenvalue weighted by molar-refractivity contribution is 5.38. The van der Waals surface area contributed by atoms with Crippen LogP contribution in [0.1, 0.15) is 26.0 Å². The fourth-order valence-corrected chi connectivity index (χ4v) is 2.50. The summed E-state index contributed by atoms with van der Waals surface area (Å²) in [5, 5.41) is 3.24. The molecule has 1 aliphatic heterocycles. The van der Waals surface area contributed by atoms with Crippen LogP contribution in [0, 0.1) is 11.7 Å². The second kappa shape index (κ2) is 5.61. The Morgan fingerprint density at radius 3 is 2.94 bits per heavy atom. The number of hydrogen-bond donors (Lipinski definition) is 1. The SMILES string of the molecule is CCc1ncnc(NC2CCN(C)CC2C)c1F. The number of hydrogen-bond acceptors (Lipinski definition) is 4. The van der Waals surface area contributed by atoms with Crippen LogP contribution in [0.4, 0.5) is 10.2 Å². The van der Waals surface area contributed by atoms with E-state index in [1.54, 1.807) is 0 Å². The van der Waals surface area contributed by atoms with Gasteiger partial charge in [0, 0.05) is 12.6 Å². The number of halogens is 1. The third-order valence-electron chi connectivity index (χ3n) is 3.63. The molecule has 1 aromatic heterocycles. The maximum Gasteiger partial charge on any atom is 0.186 e. The molecule has 2 heterocycles. The standard InChI is InChI=1S/C13H21FN4/c1-4-10-12(14)13(16-8-15-10)17-11-5-6-18(3)7-9(11)2/h8-9,11H,4-7H2,1-3H3,(H,15,16,17). The van der Waals surface area contributed by atoms with Crippen LogP contribution < -0.4 is 5.32 Å². The minimum atomic E-state index is -0.300. The van der Waals surface area contributed by atoms with Crippen LogP contribution in [0.2, 0.25) is 0 Å². The van der Waals surface area contributed by atoms with Crippen molar-refractivity contribution in [2.75, 3.05) is 25.5 Å². The van der Waals surface area contributed by atoms with Gasteiger partial charge in [0.1, 0.15) is 6.33 Å². The van der Waals surface area contributed by atoms with E-state index < -0.39 is 0 Å². The van der Waals surface area contributed by atoms with Gasteiger partial charge in [-0.05, 0) is 32.4 Å². The number of nitrogens with one attached hydrogen (secondary N) is 1. The molecule has 2 unspecified atom stereocenters. The van der Waals surface area contributed by atoms with Gasteiger partial charge >= 0.3 is 0 Å². The average Bonchev–Trinajstić information content (AvgIpc) is 2.35. The van der Waals surface area contributed by atoms with Crippen molar-refractivity contribution in [1.82, 2.24) is 14.9 Å². The fraction of sp³-hybridized carbons (Fsp3) is 0.692. The van der Waals surface area contributed by atoms with Crippen LogP contribution in [0.5, 0.6) is 0 Å². The minimum absolute atomic E-state index is 0.287. The summed E-state index contributed by atoms with van der Waals surface area (Å²) in [5.41, 5.74) is 0.480. The van der Waals surface area contributed by atoms with Gasteiger partial charge in [0.2, 0.25) is 0 Å². The first-order chi connectivity index (χ1) is 8.61. The summed E-state index contributed by atoms with van der Waals surface area (Å²) < 4.78 is 14.0. The van der Waals surface area contributed by atoms with Gasteiger partial charge in [0.05, 0.1) is 5.69 Å². The molecule has 1 aliphatic rings. The molecule has 0 amide bonds. The van der Waals surface area contributed by atoms with Gasteiger partial charge in [-0.2, -0.15) is 0 Å². The van der Waals surface area contributed by atoms with Crippen LogP contribution >= 0.6 is 0 Å². The molecule has 0 bridgehead atoms. The molecular formula is C13H21FN4. The number of likely N-dealkylation sites (tertiary alicyclic amines) is 1. The van der Waals surface area contributed by atoms with Crippen molar-refractivity contribution in [2.24, 2.45) is 5.92 Å². The van der Waals surface area contributed by atoms with E-state index in [0.29, 0.717) is 23.9 Å². The predicted molar refractivity (Wildman–Crippen MR) is 70.1 cm³/mol. The average molecular weight is 252 g/mol. The molecule has 0 aromatic carbocycles. The summed E-state index contributed by atoms with van der Waals surface area (Å²) in [6, 6.07) is 0.287. The highest BCUT2D eigenvalue weighted by Gasteiger charge is 2.25. The van der Waals surface area contributed by atoms with Crippen molar-refractivity contribution >= 4 is 5.82 Å². The van der Waals surface area contributed by atoms with Crippen LogP contribution in [-0.4, -0.2) is 41.0 Å². The molecule has 1 N–H and O–H groups in total. The molecular weight excluding hydrogens is 231 g/mol. The lowest BCUT2D eigenvalue weighted by molar-refractivity contribution is 0.205. The first kappa shape index (κ1) is 13.2. The van der Waals surface area contributed by atoms with Gasteiger partial charge in [-0.3, -0.25) is 0 Å². The maximum atomic E-state index is 14.0. The van der Waals surface area contributed by atoms with Crippen LogP contribution in [0.25, 0.3) is 0 Å². The summed E-state index contributed by atoms with van der Waals surface area (Å²) in [6.07, 6.45) is 3.04. The minimum Gasteiger partial charge on any atom is -0.364 e. The monoisotopic (exact) mass is 252 g/mol. The number of rotatable bonds is 3. The lowest BCUT2D eigenvalue weighted by atomic mass is 9.94. The van der Waals surface area contributed by atoms with Crippen molar-refractivity contribution < 1.29 is 4.39 Å². The molecule has 5 heteroatoms. The van der Waals surface area contributed by atoms with E-state index in [0.717, 1.165) is 19.5 Å². The Morgan fingerprint density at radius 1 is 1.50 bits per heavy atom. The Bertz CT molecular complexity index is 410. The van der Waals surface area contributed by atoms with E-state index in [9.17, 15) is 4.39 Å². The third kappa shape index (κ3) is 2.77. The molecule has 4 nitrogen and oxygen atoms in total. The van der Waals surface area contributed by atoms with Crippen molar-refractivity contribution in [3.63, 3.8) is 0 Å². The van der Waals surface area contributed by atoms with E-state index in [-0.39, 0.29) is 11.9 Å². The third-order valence-corrected chi connectivity index (χ3v) is 3.63. The van der Waals surface area contributed by atoms with Gasteiger partial charge in [-0.1, -0.05) is 13.8 Å². The Kier molecular flexibility index (Phi) is 4.11. The maximum absolute atomic E-state index is 14.0. The molecule has 18 heavy (non-hydrogen) atoms. The van der Waals surface area contributed by atoms with E-state index in [1.165, 1.54) is 6.33 Å². The summed E-state index contributed by atoms with van der Waals surface area (Å²) >= 11 is 0. The zero-order valence-electron chi connectivity index (χ0n) is 11.3. The number of anilines is 1. The highest BCUT2D eigenvalue weighted by Crippen LogP contribution is 2.21. The quantitative estimate of drug-likeness (QED) is 0.892. The number of aromatic nitrogens is 2. The van der Waals surface area contributed by atoms with Crippen LogP contribution in [-0.2, 0) is 6.42 Å². The van der Waals surface area contributed by atoms with Crippen LogP contribution in [0.3, 0.4) is 0 Å². The van der Waals surface area contributed by atoms with Crippen LogP contribution in [0.15, 0.2) is 6.33 Å². The zero-order chi connectivity index (χ0) is 13.1. The normalized spacial score (nSPS) is 25.1. The van der Waals surface area contributed by atoms with Gasteiger partial charge in [0.25, 0.3) is 0 Å². The van der Waals surface area contributed by atoms with E-state index >= 15 is 0 Å². The summed E-state index contributed by atoms with van der Waals surface area (Å²) in [4.78, 5) is 10.3. The molecule has 2 rings (SSSR count). The van der Waals surface area contributed by atoms with Crippen molar-refractivity contribution in [2.45, 2.75) is 32.7 Å².